The monoisotopic (exact) mass is 449 g/mol. The predicted molar refractivity (Wildman–Crippen MR) is 139 cm³/mol. The van der Waals surface area contributed by atoms with Crippen LogP contribution in [0.1, 0.15) is 37.6 Å². The van der Waals surface area contributed by atoms with Crippen molar-refractivity contribution in [1.29, 1.82) is 0 Å². The van der Waals surface area contributed by atoms with Crippen LogP contribution in [-0.4, -0.2) is 39.0 Å². The van der Waals surface area contributed by atoms with Gasteiger partial charge in [-0.2, -0.15) is 0 Å². The maximum atomic E-state index is 4.99. The number of imidazole rings is 2. The molecule has 34 heavy (non-hydrogen) atoms. The van der Waals surface area contributed by atoms with Crippen molar-refractivity contribution in [2.24, 2.45) is 0 Å². The second-order valence-electron chi connectivity index (χ2n) is 8.88. The Morgan fingerprint density at radius 1 is 0.647 bits per heavy atom. The van der Waals surface area contributed by atoms with Gasteiger partial charge in [-0.3, -0.25) is 0 Å². The first kappa shape index (κ1) is 20.8. The number of nitrogens with one attached hydrogen (secondary N) is 4. The van der Waals surface area contributed by atoms with Crippen molar-refractivity contribution in [3.8, 4) is 11.3 Å². The van der Waals surface area contributed by atoms with Gasteiger partial charge in [0, 0.05) is 16.3 Å². The average Bonchev–Trinajstić information content (AvgIpc) is 3.52. The van der Waals surface area contributed by atoms with E-state index in [1.165, 1.54) is 0 Å². The summed E-state index contributed by atoms with van der Waals surface area (Å²) < 4.78 is 0. The predicted octanol–water partition coefficient (Wildman–Crippen LogP) is 5.37. The van der Waals surface area contributed by atoms with E-state index in [0.29, 0.717) is 0 Å². The van der Waals surface area contributed by atoms with Crippen LogP contribution in [0.2, 0.25) is 0 Å². The van der Waals surface area contributed by atoms with Gasteiger partial charge in [0.05, 0.1) is 45.4 Å². The number of rotatable bonds is 5. The number of hydrogen-bond donors (Lipinski definition) is 4. The van der Waals surface area contributed by atoms with Crippen molar-refractivity contribution in [2.45, 2.75) is 25.9 Å². The fourth-order valence-electron chi connectivity index (χ4n) is 4.54. The molecule has 2 atom stereocenters. The van der Waals surface area contributed by atoms with Crippen LogP contribution in [0.25, 0.3) is 55.0 Å². The lowest BCUT2D eigenvalue weighted by Gasteiger charge is -2.07. The molecule has 2 unspecified atom stereocenters. The molecular formula is C27H27N7. The van der Waals surface area contributed by atoms with Gasteiger partial charge in [-0.15, -0.1) is 0 Å². The molecule has 6 aromatic rings. The lowest BCUT2D eigenvalue weighted by molar-refractivity contribution is 0.620. The molecule has 170 valence electrons. The van der Waals surface area contributed by atoms with Crippen molar-refractivity contribution >= 4 is 43.7 Å². The molecule has 0 aliphatic heterocycles. The molecule has 0 fully saturated rings. The third-order valence-electron chi connectivity index (χ3n) is 6.82. The van der Waals surface area contributed by atoms with Gasteiger partial charge < -0.3 is 20.6 Å². The van der Waals surface area contributed by atoms with Gasteiger partial charge in [0.2, 0.25) is 0 Å². The molecule has 7 heteroatoms. The summed E-state index contributed by atoms with van der Waals surface area (Å²) in [5, 5.41) is 9.88. The second-order valence-corrected chi connectivity index (χ2v) is 8.88. The normalized spacial score (nSPS) is 13.9. The summed E-state index contributed by atoms with van der Waals surface area (Å²) in [6, 6.07) is 19.4. The Kier molecular flexibility index (Phi) is 4.83. The lowest BCUT2D eigenvalue weighted by Crippen LogP contribution is -2.13. The number of fused-ring (bicyclic) bond motifs is 6. The van der Waals surface area contributed by atoms with E-state index in [2.05, 4.69) is 83.0 Å². The molecule has 0 aliphatic rings. The minimum atomic E-state index is 0.158. The molecule has 7 nitrogen and oxygen atoms in total. The van der Waals surface area contributed by atoms with E-state index < -0.39 is 0 Å². The standard InChI is InChI=1S/C27H27N7/c1-14(28-3)26-31-22-9-6-16-13-17(5-7-18(16)24(22)33-26)20-10-8-19-21(30-20)11-12-23-25(19)34-27(32-23)15(2)29-4/h5-15,28-29H,1-4H3,(H,31,33)(H,32,34). The van der Waals surface area contributed by atoms with E-state index >= 15 is 0 Å². The number of aromatic amines is 2. The van der Waals surface area contributed by atoms with Crippen molar-refractivity contribution in [3.05, 3.63) is 66.2 Å². The van der Waals surface area contributed by atoms with Crippen LogP contribution < -0.4 is 10.6 Å². The molecule has 3 heterocycles. The summed E-state index contributed by atoms with van der Waals surface area (Å²) in [4.78, 5) is 21.4. The first-order valence-corrected chi connectivity index (χ1v) is 11.6. The largest absolute Gasteiger partial charge is 0.340 e. The number of hydrogen-bond acceptors (Lipinski definition) is 5. The molecule has 0 saturated carbocycles. The summed E-state index contributed by atoms with van der Waals surface area (Å²) in [6.45, 7) is 4.19. The quantitative estimate of drug-likeness (QED) is 0.284. The smallest absolute Gasteiger partial charge is 0.124 e. The van der Waals surface area contributed by atoms with Crippen LogP contribution in [0.4, 0.5) is 0 Å². The lowest BCUT2D eigenvalue weighted by atomic mass is 10.0. The van der Waals surface area contributed by atoms with Crippen LogP contribution in [0.3, 0.4) is 0 Å². The van der Waals surface area contributed by atoms with Gasteiger partial charge in [0.1, 0.15) is 11.6 Å². The number of aromatic nitrogens is 5. The molecule has 0 saturated heterocycles. The summed E-state index contributed by atoms with van der Waals surface area (Å²) in [5.41, 5.74) is 7.03. The van der Waals surface area contributed by atoms with Crippen molar-refractivity contribution in [1.82, 2.24) is 35.6 Å². The Labute approximate surface area is 197 Å². The van der Waals surface area contributed by atoms with Crippen LogP contribution in [-0.2, 0) is 0 Å². The minimum Gasteiger partial charge on any atom is -0.340 e. The van der Waals surface area contributed by atoms with Gasteiger partial charge >= 0.3 is 0 Å². The first-order chi connectivity index (χ1) is 16.6. The van der Waals surface area contributed by atoms with Gasteiger partial charge in [-0.05, 0) is 69.7 Å². The summed E-state index contributed by atoms with van der Waals surface area (Å²) in [7, 11) is 3.88. The fourth-order valence-corrected chi connectivity index (χ4v) is 4.54. The van der Waals surface area contributed by atoms with Gasteiger partial charge in [-0.25, -0.2) is 15.0 Å². The van der Waals surface area contributed by atoms with E-state index in [9.17, 15) is 0 Å². The average molecular weight is 450 g/mol. The molecular weight excluding hydrogens is 422 g/mol. The number of benzene rings is 3. The Bertz CT molecular complexity index is 1550. The van der Waals surface area contributed by atoms with E-state index in [1.807, 2.05) is 20.2 Å². The van der Waals surface area contributed by atoms with Crippen molar-refractivity contribution in [3.63, 3.8) is 0 Å². The molecule has 4 N–H and O–H groups in total. The maximum Gasteiger partial charge on any atom is 0.124 e. The third kappa shape index (κ3) is 3.24. The van der Waals surface area contributed by atoms with Gasteiger partial charge in [-0.1, -0.05) is 18.2 Å². The van der Waals surface area contributed by atoms with E-state index in [4.69, 9.17) is 15.0 Å². The molecule has 0 amide bonds. The zero-order valence-electron chi connectivity index (χ0n) is 19.7. The van der Waals surface area contributed by atoms with Crippen LogP contribution in [0.5, 0.6) is 0 Å². The van der Waals surface area contributed by atoms with Crippen molar-refractivity contribution in [2.75, 3.05) is 14.1 Å². The molecule has 0 radical (unpaired) electrons. The van der Waals surface area contributed by atoms with Crippen LogP contribution in [0.15, 0.2) is 54.6 Å². The number of H-pyrrole nitrogens is 2. The third-order valence-corrected chi connectivity index (χ3v) is 6.82. The summed E-state index contributed by atoms with van der Waals surface area (Å²) >= 11 is 0. The van der Waals surface area contributed by atoms with E-state index in [1.54, 1.807) is 0 Å². The van der Waals surface area contributed by atoms with Gasteiger partial charge in [0.15, 0.2) is 0 Å². The zero-order chi connectivity index (χ0) is 23.4. The summed E-state index contributed by atoms with van der Waals surface area (Å²) in [5.74, 6) is 1.88. The van der Waals surface area contributed by atoms with Crippen LogP contribution in [0, 0.1) is 0 Å². The van der Waals surface area contributed by atoms with Crippen LogP contribution >= 0.6 is 0 Å². The molecule has 6 rings (SSSR count). The highest BCUT2D eigenvalue weighted by molar-refractivity contribution is 6.06. The fraction of sp³-hybridized carbons (Fsp3) is 0.222. The Morgan fingerprint density at radius 2 is 1.24 bits per heavy atom. The Morgan fingerprint density at radius 3 is 1.91 bits per heavy atom. The first-order valence-electron chi connectivity index (χ1n) is 11.6. The van der Waals surface area contributed by atoms with Gasteiger partial charge in [0.25, 0.3) is 0 Å². The summed E-state index contributed by atoms with van der Waals surface area (Å²) in [6.07, 6.45) is 0. The SMILES string of the molecule is CNC(C)c1nc2ccc3cc(-c4ccc5c(ccc6nc(C(C)NC)[nH]c65)n4)ccc3c2[nH]1. The van der Waals surface area contributed by atoms with E-state index in [-0.39, 0.29) is 12.1 Å². The van der Waals surface area contributed by atoms with Crippen molar-refractivity contribution < 1.29 is 0 Å². The molecule has 0 spiro atoms. The number of nitrogens with zero attached hydrogens (tertiary/aromatic N) is 3. The molecule has 3 aromatic heterocycles. The topological polar surface area (TPSA) is 94.3 Å². The second kappa shape index (κ2) is 7.90. The Balaban J connectivity index is 1.43. The Hall–Kier alpha value is -3.81. The highest BCUT2D eigenvalue weighted by Gasteiger charge is 2.14. The minimum absolute atomic E-state index is 0.158. The number of pyridine rings is 1. The highest BCUT2D eigenvalue weighted by Crippen LogP contribution is 2.31. The van der Waals surface area contributed by atoms with E-state index in [0.717, 1.165) is 66.6 Å². The maximum absolute atomic E-state index is 4.99. The zero-order valence-corrected chi connectivity index (χ0v) is 19.7. The highest BCUT2D eigenvalue weighted by atomic mass is 15.0. The molecule has 0 bridgehead atoms. The molecule has 3 aromatic carbocycles. The molecule has 0 aliphatic carbocycles.